The molecule has 5 heteroatoms. The number of amides is 1. The summed E-state index contributed by atoms with van der Waals surface area (Å²) in [6, 6.07) is 2.12. The van der Waals surface area contributed by atoms with Gasteiger partial charge >= 0.3 is 0 Å². The highest BCUT2D eigenvalue weighted by Crippen LogP contribution is 2.21. The van der Waals surface area contributed by atoms with E-state index in [1.165, 1.54) is 0 Å². The highest BCUT2D eigenvalue weighted by molar-refractivity contribution is 5.81. The molecule has 1 amide bonds. The average molecular weight is 253 g/mol. The zero-order chi connectivity index (χ0) is 13.6. The molecular formula is C13H23N3O2. The summed E-state index contributed by atoms with van der Waals surface area (Å²) in [7, 11) is 1.65. The van der Waals surface area contributed by atoms with E-state index in [1.54, 1.807) is 7.05 Å². The number of hydrogen-bond acceptors (Lipinski definition) is 4. The van der Waals surface area contributed by atoms with Crippen LogP contribution in [0.25, 0.3) is 0 Å². The molecule has 1 rings (SSSR count). The second kappa shape index (κ2) is 6.72. The first-order valence-electron chi connectivity index (χ1n) is 6.45. The van der Waals surface area contributed by atoms with Crippen molar-refractivity contribution < 1.29 is 9.53 Å². The monoisotopic (exact) mass is 253 g/mol. The van der Waals surface area contributed by atoms with Gasteiger partial charge in [-0.1, -0.05) is 0 Å². The van der Waals surface area contributed by atoms with E-state index in [4.69, 9.17) is 10.00 Å². The maximum atomic E-state index is 11.7. The Kier molecular flexibility index (Phi) is 5.57. The summed E-state index contributed by atoms with van der Waals surface area (Å²) in [5.74, 6) is 0.00856. The summed E-state index contributed by atoms with van der Waals surface area (Å²) in [6.07, 6.45) is 1.77. The van der Waals surface area contributed by atoms with E-state index in [1.807, 2.05) is 13.8 Å². The molecule has 0 aromatic rings. The van der Waals surface area contributed by atoms with Crippen molar-refractivity contribution in [1.29, 1.82) is 5.26 Å². The maximum absolute atomic E-state index is 11.7. The Hall–Kier alpha value is -1.12. The van der Waals surface area contributed by atoms with Crippen LogP contribution in [0.2, 0.25) is 0 Å². The molecule has 0 aliphatic carbocycles. The predicted molar refractivity (Wildman–Crippen MR) is 68.9 cm³/mol. The first kappa shape index (κ1) is 14.9. The lowest BCUT2D eigenvalue weighted by molar-refractivity contribution is -0.132. The summed E-state index contributed by atoms with van der Waals surface area (Å²) in [5, 5.41) is 11.6. The van der Waals surface area contributed by atoms with Gasteiger partial charge in [0, 0.05) is 13.6 Å². The van der Waals surface area contributed by atoms with Gasteiger partial charge in [0.15, 0.2) is 0 Å². The van der Waals surface area contributed by atoms with Crippen molar-refractivity contribution in [1.82, 2.24) is 10.2 Å². The van der Waals surface area contributed by atoms with Crippen molar-refractivity contribution in [3.05, 3.63) is 0 Å². The van der Waals surface area contributed by atoms with E-state index in [0.29, 0.717) is 13.2 Å². The van der Waals surface area contributed by atoms with Crippen LogP contribution in [0.4, 0.5) is 0 Å². The van der Waals surface area contributed by atoms with Crippen molar-refractivity contribution in [3.8, 4) is 6.07 Å². The van der Waals surface area contributed by atoms with Crippen LogP contribution in [-0.4, -0.2) is 50.2 Å². The lowest BCUT2D eigenvalue weighted by Crippen LogP contribution is -2.53. The molecule has 1 saturated heterocycles. The topological polar surface area (TPSA) is 65.4 Å². The van der Waals surface area contributed by atoms with Gasteiger partial charge in [0.1, 0.15) is 6.04 Å². The van der Waals surface area contributed by atoms with Crippen molar-refractivity contribution in [2.24, 2.45) is 5.41 Å². The van der Waals surface area contributed by atoms with Crippen LogP contribution < -0.4 is 5.32 Å². The van der Waals surface area contributed by atoms with Gasteiger partial charge in [0.25, 0.3) is 0 Å². The molecule has 1 N–H and O–H groups in total. The molecule has 5 nitrogen and oxygen atoms in total. The van der Waals surface area contributed by atoms with Crippen molar-refractivity contribution in [2.75, 3.05) is 33.4 Å². The minimum Gasteiger partial charge on any atom is -0.378 e. The smallest absolute Gasteiger partial charge is 0.239 e. The van der Waals surface area contributed by atoms with Gasteiger partial charge in [0.2, 0.25) is 5.91 Å². The standard InChI is InChI=1S/C13H23N3O2/c1-13(2,10-14)5-4-6-16-7-8-18-9-11(16)12(17)15-3/h11H,4-9H2,1-3H3,(H,15,17). The van der Waals surface area contributed by atoms with Gasteiger partial charge in [-0.05, 0) is 33.2 Å². The molecule has 1 fully saturated rings. The summed E-state index contributed by atoms with van der Waals surface area (Å²) in [6.45, 7) is 6.65. The van der Waals surface area contributed by atoms with Crippen LogP contribution in [0.1, 0.15) is 26.7 Å². The average Bonchev–Trinajstić information content (AvgIpc) is 2.38. The van der Waals surface area contributed by atoms with Crippen LogP contribution >= 0.6 is 0 Å². The zero-order valence-electron chi connectivity index (χ0n) is 11.5. The van der Waals surface area contributed by atoms with Crippen molar-refractivity contribution in [2.45, 2.75) is 32.7 Å². The largest absolute Gasteiger partial charge is 0.378 e. The fourth-order valence-electron chi connectivity index (χ4n) is 2.09. The molecule has 0 aromatic heterocycles. The summed E-state index contributed by atoms with van der Waals surface area (Å²) in [4.78, 5) is 13.9. The number of morpholine rings is 1. The van der Waals surface area contributed by atoms with Gasteiger partial charge in [-0.2, -0.15) is 5.26 Å². The van der Waals surface area contributed by atoms with Crippen LogP contribution in [0.3, 0.4) is 0 Å². The molecule has 1 unspecified atom stereocenters. The van der Waals surface area contributed by atoms with Gasteiger partial charge in [-0.15, -0.1) is 0 Å². The Morgan fingerprint density at radius 1 is 1.61 bits per heavy atom. The minimum atomic E-state index is -0.283. The number of rotatable bonds is 5. The Morgan fingerprint density at radius 2 is 2.33 bits per heavy atom. The molecule has 0 spiro atoms. The quantitative estimate of drug-likeness (QED) is 0.785. The lowest BCUT2D eigenvalue weighted by Gasteiger charge is -2.34. The Morgan fingerprint density at radius 3 is 2.94 bits per heavy atom. The van der Waals surface area contributed by atoms with Gasteiger partial charge in [-0.3, -0.25) is 9.69 Å². The van der Waals surface area contributed by atoms with E-state index < -0.39 is 0 Å². The van der Waals surface area contributed by atoms with Crippen LogP contribution in [-0.2, 0) is 9.53 Å². The van der Waals surface area contributed by atoms with Gasteiger partial charge in [0.05, 0.1) is 24.7 Å². The lowest BCUT2D eigenvalue weighted by atomic mass is 9.89. The first-order valence-corrected chi connectivity index (χ1v) is 6.45. The molecule has 1 heterocycles. The first-order chi connectivity index (χ1) is 8.50. The van der Waals surface area contributed by atoms with Crippen molar-refractivity contribution >= 4 is 5.91 Å². The number of carbonyl (C=O) groups excluding carboxylic acids is 1. The molecule has 0 aromatic carbocycles. The second-order valence-electron chi connectivity index (χ2n) is 5.34. The summed E-state index contributed by atoms with van der Waals surface area (Å²) < 4.78 is 5.35. The van der Waals surface area contributed by atoms with Crippen molar-refractivity contribution in [3.63, 3.8) is 0 Å². The number of ether oxygens (including phenoxy) is 1. The maximum Gasteiger partial charge on any atom is 0.239 e. The second-order valence-corrected chi connectivity index (χ2v) is 5.34. The number of hydrogen-bond donors (Lipinski definition) is 1. The molecule has 0 bridgehead atoms. The Balaban J connectivity index is 2.43. The van der Waals surface area contributed by atoms with E-state index >= 15 is 0 Å². The van der Waals surface area contributed by atoms with E-state index in [2.05, 4.69) is 16.3 Å². The minimum absolute atomic E-state index is 0.00856. The Bertz CT molecular complexity index is 323. The van der Waals surface area contributed by atoms with Gasteiger partial charge in [-0.25, -0.2) is 0 Å². The summed E-state index contributed by atoms with van der Waals surface area (Å²) >= 11 is 0. The molecule has 18 heavy (non-hydrogen) atoms. The number of likely N-dealkylation sites (N-methyl/N-ethyl adjacent to an activating group) is 1. The fraction of sp³-hybridized carbons (Fsp3) is 0.846. The SMILES string of the molecule is CNC(=O)C1COCCN1CCCC(C)(C)C#N. The van der Waals surface area contributed by atoms with E-state index in [0.717, 1.165) is 25.9 Å². The molecule has 102 valence electrons. The number of carbonyl (C=O) groups is 1. The number of nitrogens with one attached hydrogen (secondary N) is 1. The third-order valence-corrected chi connectivity index (χ3v) is 3.34. The molecular weight excluding hydrogens is 230 g/mol. The molecule has 1 atom stereocenters. The van der Waals surface area contributed by atoms with Crippen LogP contribution in [0, 0.1) is 16.7 Å². The Labute approximate surface area is 109 Å². The fourth-order valence-corrected chi connectivity index (χ4v) is 2.09. The zero-order valence-corrected chi connectivity index (χ0v) is 11.5. The highest BCUT2D eigenvalue weighted by Gasteiger charge is 2.28. The van der Waals surface area contributed by atoms with E-state index in [9.17, 15) is 4.79 Å². The van der Waals surface area contributed by atoms with E-state index in [-0.39, 0.29) is 17.4 Å². The number of nitriles is 1. The van der Waals surface area contributed by atoms with Crippen LogP contribution in [0.15, 0.2) is 0 Å². The molecule has 0 saturated carbocycles. The molecule has 1 aliphatic heterocycles. The summed E-state index contributed by atoms with van der Waals surface area (Å²) in [5.41, 5.74) is -0.283. The van der Waals surface area contributed by atoms with Crippen LogP contribution in [0.5, 0.6) is 0 Å². The third-order valence-electron chi connectivity index (χ3n) is 3.34. The van der Waals surface area contributed by atoms with Gasteiger partial charge < -0.3 is 10.1 Å². The normalized spacial score (nSPS) is 21.3. The highest BCUT2D eigenvalue weighted by atomic mass is 16.5. The molecule has 1 aliphatic rings. The number of nitrogens with zero attached hydrogens (tertiary/aromatic N) is 2. The predicted octanol–water partition coefficient (Wildman–Crippen LogP) is 0.763. The molecule has 0 radical (unpaired) electrons. The third kappa shape index (κ3) is 4.28.